The Balaban J connectivity index is 2.39. The van der Waals surface area contributed by atoms with E-state index < -0.39 is 0 Å². The third-order valence-corrected chi connectivity index (χ3v) is 2.12. The highest BCUT2D eigenvalue weighted by Crippen LogP contribution is 2.16. The summed E-state index contributed by atoms with van der Waals surface area (Å²) >= 11 is 0. The zero-order valence-corrected chi connectivity index (χ0v) is 6.91. The van der Waals surface area contributed by atoms with Crippen LogP contribution in [0.25, 0.3) is 0 Å². The number of rotatable bonds is 1. The van der Waals surface area contributed by atoms with Gasteiger partial charge in [-0.3, -0.25) is 0 Å². The smallest absolute Gasteiger partial charge is 0.374 e. The van der Waals surface area contributed by atoms with Gasteiger partial charge in [-0.05, 0) is 12.8 Å². The van der Waals surface area contributed by atoms with Crippen LogP contribution in [0.3, 0.4) is 0 Å². The molecule has 4 heteroatoms. The Hall–Kier alpha value is -1.32. The molecule has 0 radical (unpaired) electrons. The maximum Gasteiger partial charge on any atom is 0.374 e. The molecule has 0 aromatic carbocycles. The summed E-state index contributed by atoms with van der Waals surface area (Å²) in [6.07, 6.45) is 3.87. The normalized spacial score (nSPS) is 14.4. The zero-order valence-electron chi connectivity index (χ0n) is 6.91. The van der Waals surface area contributed by atoms with E-state index >= 15 is 0 Å². The number of carbonyl (C=O) groups is 1. The van der Waals surface area contributed by atoms with Crippen LogP contribution in [0.1, 0.15) is 22.7 Å². The second-order valence-electron chi connectivity index (χ2n) is 2.82. The predicted octanol–water partition coefficient (Wildman–Crippen LogP) is 0.616. The zero-order chi connectivity index (χ0) is 8.55. The minimum Gasteiger partial charge on any atom is -0.463 e. The van der Waals surface area contributed by atoms with Crippen LogP contribution in [0.2, 0.25) is 0 Å². The number of hydrogen-bond acceptors (Lipinski definition) is 3. The van der Waals surface area contributed by atoms with Gasteiger partial charge in [0.2, 0.25) is 5.82 Å². The van der Waals surface area contributed by atoms with Crippen molar-refractivity contribution in [2.24, 2.45) is 0 Å². The van der Waals surface area contributed by atoms with Gasteiger partial charge in [0.05, 0.1) is 7.11 Å². The monoisotopic (exact) mass is 166 g/mol. The topological polar surface area (TPSA) is 44.1 Å². The number of fused-ring (bicyclic) bond motifs is 1. The molecule has 0 unspecified atom stereocenters. The maximum atomic E-state index is 11.1. The van der Waals surface area contributed by atoms with E-state index in [2.05, 4.69) is 9.72 Å². The fourth-order valence-electron chi connectivity index (χ4n) is 1.53. The van der Waals surface area contributed by atoms with Crippen molar-refractivity contribution < 1.29 is 9.53 Å². The molecule has 12 heavy (non-hydrogen) atoms. The third-order valence-electron chi connectivity index (χ3n) is 2.12. The van der Waals surface area contributed by atoms with Gasteiger partial charge in [0.25, 0.3) is 0 Å². The summed E-state index contributed by atoms with van der Waals surface area (Å²) in [5, 5.41) is 0. The van der Waals surface area contributed by atoms with Gasteiger partial charge in [0.15, 0.2) is 0 Å². The molecule has 64 valence electrons. The van der Waals surface area contributed by atoms with Crippen LogP contribution < -0.4 is 0 Å². The first-order valence-corrected chi connectivity index (χ1v) is 3.95. The number of imidazole rings is 1. The maximum absolute atomic E-state index is 11.1. The van der Waals surface area contributed by atoms with Gasteiger partial charge >= 0.3 is 5.97 Å². The molecule has 0 fully saturated rings. The second kappa shape index (κ2) is 2.62. The highest BCUT2D eigenvalue weighted by Gasteiger charge is 2.20. The van der Waals surface area contributed by atoms with E-state index in [-0.39, 0.29) is 5.97 Å². The van der Waals surface area contributed by atoms with Gasteiger partial charge in [-0.2, -0.15) is 0 Å². The second-order valence-corrected chi connectivity index (χ2v) is 2.82. The minimum atomic E-state index is -0.344. The highest BCUT2D eigenvalue weighted by atomic mass is 16.5. The summed E-state index contributed by atoms with van der Waals surface area (Å²) in [6.45, 7) is 0.889. The van der Waals surface area contributed by atoms with Crippen LogP contribution >= 0.6 is 0 Å². The standard InChI is InChI=1S/C8H10N2O2/c1-12-8(11)7-9-5-6-3-2-4-10(6)7/h5H,2-4H2,1H3. The fourth-order valence-corrected chi connectivity index (χ4v) is 1.53. The number of hydrogen-bond donors (Lipinski definition) is 0. The van der Waals surface area contributed by atoms with Crippen LogP contribution in [-0.2, 0) is 17.7 Å². The van der Waals surface area contributed by atoms with Gasteiger partial charge in [0, 0.05) is 18.4 Å². The Morgan fingerprint density at radius 3 is 3.33 bits per heavy atom. The summed E-state index contributed by atoms with van der Waals surface area (Å²) in [5.41, 5.74) is 1.13. The largest absolute Gasteiger partial charge is 0.463 e. The molecular weight excluding hydrogens is 156 g/mol. The molecule has 0 atom stereocenters. The quantitative estimate of drug-likeness (QED) is 0.574. The van der Waals surface area contributed by atoms with Crippen LogP contribution in [0.4, 0.5) is 0 Å². The lowest BCUT2D eigenvalue weighted by molar-refractivity contribution is 0.0581. The number of aryl methyl sites for hydroxylation is 1. The lowest BCUT2D eigenvalue weighted by Crippen LogP contribution is -2.10. The van der Waals surface area contributed by atoms with E-state index in [1.165, 1.54) is 7.11 Å². The molecule has 0 spiro atoms. The first-order valence-electron chi connectivity index (χ1n) is 3.95. The van der Waals surface area contributed by atoms with E-state index in [4.69, 9.17) is 0 Å². The molecular formula is C8H10N2O2. The van der Waals surface area contributed by atoms with Crippen molar-refractivity contribution in [2.75, 3.05) is 7.11 Å². The van der Waals surface area contributed by atoms with Crippen molar-refractivity contribution >= 4 is 5.97 Å². The molecule has 0 saturated heterocycles. The third kappa shape index (κ3) is 0.913. The Labute approximate surface area is 70.2 Å². The van der Waals surface area contributed by atoms with Crippen molar-refractivity contribution in [3.8, 4) is 0 Å². The minimum absolute atomic E-state index is 0.344. The molecule has 2 rings (SSSR count). The van der Waals surface area contributed by atoms with Crippen LogP contribution in [-0.4, -0.2) is 22.6 Å². The van der Waals surface area contributed by atoms with E-state index in [1.54, 1.807) is 6.20 Å². The molecule has 0 amide bonds. The first kappa shape index (κ1) is 7.34. The molecule has 1 aliphatic heterocycles. The van der Waals surface area contributed by atoms with Gasteiger partial charge in [0.1, 0.15) is 0 Å². The average Bonchev–Trinajstić information content (AvgIpc) is 2.62. The van der Waals surface area contributed by atoms with Gasteiger partial charge in [-0.25, -0.2) is 9.78 Å². The van der Waals surface area contributed by atoms with E-state index in [1.807, 2.05) is 4.57 Å². The van der Waals surface area contributed by atoms with Crippen molar-refractivity contribution in [3.63, 3.8) is 0 Å². The molecule has 1 aliphatic rings. The Bertz CT molecular complexity index is 317. The van der Waals surface area contributed by atoms with Crippen molar-refractivity contribution in [1.29, 1.82) is 0 Å². The van der Waals surface area contributed by atoms with Gasteiger partial charge < -0.3 is 9.30 Å². The first-order chi connectivity index (χ1) is 5.83. The molecule has 4 nitrogen and oxygen atoms in total. The molecule has 0 saturated carbocycles. The lowest BCUT2D eigenvalue weighted by atomic mass is 10.3. The Morgan fingerprint density at radius 2 is 2.58 bits per heavy atom. The number of methoxy groups -OCH3 is 1. The number of esters is 1. The molecule has 0 bridgehead atoms. The summed E-state index contributed by atoms with van der Waals surface area (Å²) in [4.78, 5) is 15.1. The van der Waals surface area contributed by atoms with Crippen LogP contribution in [0, 0.1) is 0 Å². The summed E-state index contributed by atoms with van der Waals surface area (Å²) in [5.74, 6) is 0.0909. The molecule has 2 heterocycles. The summed E-state index contributed by atoms with van der Waals surface area (Å²) in [7, 11) is 1.37. The van der Waals surface area contributed by atoms with E-state index in [0.717, 1.165) is 25.1 Å². The Kier molecular flexibility index (Phi) is 1.60. The molecule has 1 aromatic heterocycles. The molecule has 0 aliphatic carbocycles. The van der Waals surface area contributed by atoms with Crippen molar-refractivity contribution in [1.82, 2.24) is 9.55 Å². The summed E-state index contributed by atoms with van der Waals surface area (Å²) < 4.78 is 6.52. The fraction of sp³-hybridized carbons (Fsp3) is 0.500. The highest BCUT2D eigenvalue weighted by molar-refractivity contribution is 5.85. The van der Waals surface area contributed by atoms with Gasteiger partial charge in [-0.1, -0.05) is 0 Å². The van der Waals surface area contributed by atoms with Crippen LogP contribution in [0.15, 0.2) is 6.20 Å². The lowest BCUT2D eigenvalue weighted by Gasteiger charge is -2.00. The van der Waals surface area contributed by atoms with E-state index in [9.17, 15) is 4.79 Å². The van der Waals surface area contributed by atoms with Gasteiger partial charge in [-0.15, -0.1) is 0 Å². The van der Waals surface area contributed by atoms with Crippen molar-refractivity contribution in [3.05, 3.63) is 17.7 Å². The predicted molar refractivity (Wildman–Crippen MR) is 41.9 cm³/mol. The van der Waals surface area contributed by atoms with E-state index in [0.29, 0.717) is 5.82 Å². The Morgan fingerprint density at radius 1 is 1.75 bits per heavy atom. The van der Waals surface area contributed by atoms with Crippen molar-refractivity contribution in [2.45, 2.75) is 19.4 Å². The molecule has 0 N–H and O–H groups in total. The number of carbonyl (C=O) groups excluding carboxylic acids is 1. The SMILES string of the molecule is COC(=O)c1ncc2n1CCC2. The molecule has 1 aromatic rings. The van der Waals surface area contributed by atoms with Crippen LogP contribution in [0.5, 0.6) is 0 Å². The number of ether oxygens (including phenoxy) is 1. The summed E-state index contributed by atoms with van der Waals surface area (Å²) in [6, 6.07) is 0. The number of nitrogens with zero attached hydrogens (tertiary/aromatic N) is 2. The number of aromatic nitrogens is 2. The average molecular weight is 166 g/mol.